The van der Waals surface area contributed by atoms with E-state index in [0.29, 0.717) is 53.5 Å². The number of hydrogen-bond donors (Lipinski definition) is 2. The Morgan fingerprint density at radius 2 is 1.81 bits per heavy atom. The van der Waals surface area contributed by atoms with Crippen LogP contribution in [-0.4, -0.2) is 29.2 Å². The molecule has 2 N–H and O–H groups in total. The maximum atomic E-state index is 12.9. The van der Waals surface area contributed by atoms with Crippen molar-refractivity contribution in [1.82, 2.24) is 10.7 Å². The van der Waals surface area contributed by atoms with Crippen molar-refractivity contribution in [2.45, 2.75) is 39.2 Å². The van der Waals surface area contributed by atoms with Crippen LogP contribution in [0.15, 0.2) is 52.0 Å². The fourth-order valence-electron chi connectivity index (χ4n) is 4.40. The Kier molecular flexibility index (Phi) is 6.59. The lowest BCUT2D eigenvalue weighted by Crippen LogP contribution is -2.24. The van der Waals surface area contributed by atoms with Crippen LogP contribution in [0, 0.1) is 17.0 Å². The quantitative estimate of drug-likeness (QED) is 0.370. The first kappa shape index (κ1) is 24.0. The summed E-state index contributed by atoms with van der Waals surface area (Å²) >= 11 is 0. The van der Waals surface area contributed by atoms with Crippen molar-refractivity contribution in [2.75, 3.05) is 6.79 Å². The zero-order valence-electron chi connectivity index (χ0n) is 20.0. The average Bonchev–Trinajstić information content (AvgIpc) is 3.50. The number of rotatable bonds is 7. The first-order valence-corrected chi connectivity index (χ1v) is 11.8. The minimum atomic E-state index is -0.490. The number of benzene rings is 2. The summed E-state index contributed by atoms with van der Waals surface area (Å²) in [4.78, 5) is 35.6. The summed E-state index contributed by atoms with van der Waals surface area (Å²) in [5.74, 6) is 1.52. The summed E-state index contributed by atoms with van der Waals surface area (Å²) in [6.45, 7) is 2.28. The molecule has 1 aliphatic carbocycles. The normalized spacial score (nSPS) is 14.8. The van der Waals surface area contributed by atoms with E-state index in [-0.39, 0.29) is 36.5 Å². The van der Waals surface area contributed by atoms with Crippen molar-refractivity contribution >= 4 is 23.2 Å². The molecule has 0 saturated carbocycles. The minimum Gasteiger partial charge on any atom is -0.455 e. The number of non-ortho nitro benzene ring substituents is 1. The number of nitrogens with zero attached hydrogens (tertiary/aromatic N) is 2. The third-order valence-corrected chi connectivity index (χ3v) is 6.25. The zero-order chi connectivity index (χ0) is 25.9. The molecular formula is C26H24N4O7. The average molecular weight is 504 g/mol. The Morgan fingerprint density at radius 1 is 1.05 bits per heavy atom. The predicted molar refractivity (Wildman–Crippen MR) is 132 cm³/mol. The standard InChI is InChI=1S/C26H24N4O7/c1-15-24-19(28-29-23(31)12-16-5-8-18(9-6-16)30(33)34)3-2-4-21(24)37-25(15)26(32)27-13-17-7-10-20-22(11-17)36-14-35-20/h5-11H,2-4,12-14H2,1H3,(H,27,32)(H,29,31)/b28-19+. The molecule has 0 radical (unpaired) electrons. The SMILES string of the molecule is Cc1c(C(=O)NCc2ccc3c(c2)OCO3)oc2c1/C(=N/NC(=O)Cc1ccc([N+](=O)[O-])cc1)CCC2. The van der Waals surface area contributed by atoms with E-state index in [2.05, 4.69) is 15.8 Å². The van der Waals surface area contributed by atoms with Gasteiger partial charge >= 0.3 is 0 Å². The second-order valence-corrected chi connectivity index (χ2v) is 8.77. The fraction of sp³-hybridized carbons (Fsp3) is 0.269. The predicted octanol–water partition coefficient (Wildman–Crippen LogP) is 3.55. The summed E-state index contributed by atoms with van der Waals surface area (Å²) in [7, 11) is 0. The van der Waals surface area contributed by atoms with Crippen molar-refractivity contribution in [3.8, 4) is 11.5 Å². The lowest BCUT2D eigenvalue weighted by molar-refractivity contribution is -0.384. The van der Waals surface area contributed by atoms with Gasteiger partial charge in [0.1, 0.15) is 5.76 Å². The maximum absolute atomic E-state index is 12.9. The Labute approximate surface area is 211 Å². The van der Waals surface area contributed by atoms with E-state index in [9.17, 15) is 19.7 Å². The van der Waals surface area contributed by atoms with Gasteiger partial charge in [0.15, 0.2) is 17.3 Å². The molecule has 0 spiro atoms. The molecular weight excluding hydrogens is 480 g/mol. The van der Waals surface area contributed by atoms with Gasteiger partial charge in [-0.25, -0.2) is 5.43 Å². The molecule has 2 aromatic carbocycles. The topological polar surface area (TPSA) is 145 Å². The maximum Gasteiger partial charge on any atom is 0.287 e. The first-order chi connectivity index (χ1) is 17.9. The lowest BCUT2D eigenvalue weighted by Gasteiger charge is -2.13. The van der Waals surface area contributed by atoms with E-state index in [0.717, 1.165) is 17.5 Å². The van der Waals surface area contributed by atoms with E-state index in [4.69, 9.17) is 13.9 Å². The molecule has 1 aromatic heterocycles. The van der Waals surface area contributed by atoms with Gasteiger partial charge in [0.25, 0.3) is 11.6 Å². The van der Waals surface area contributed by atoms with Gasteiger partial charge in [0.05, 0.1) is 17.1 Å². The summed E-state index contributed by atoms with van der Waals surface area (Å²) in [5, 5.41) is 18.0. The Morgan fingerprint density at radius 3 is 2.59 bits per heavy atom. The third-order valence-electron chi connectivity index (χ3n) is 6.25. The van der Waals surface area contributed by atoms with Crippen molar-refractivity contribution in [1.29, 1.82) is 0 Å². The third kappa shape index (κ3) is 5.15. The number of furan rings is 1. The number of carbonyl (C=O) groups is 2. The van der Waals surface area contributed by atoms with Crippen LogP contribution < -0.4 is 20.2 Å². The van der Waals surface area contributed by atoms with Gasteiger partial charge in [-0.2, -0.15) is 5.10 Å². The summed E-state index contributed by atoms with van der Waals surface area (Å²) < 4.78 is 16.6. The van der Waals surface area contributed by atoms with Crippen molar-refractivity contribution in [3.63, 3.8) is 0 Å². The molecule has 0 saturated heterocycles. The second kappa shape index (κ2) is 10.1. The van der Waals surface area contributed by atoms with Crippen LogP contribution in [-0.2, 0) is 24.2 Å². The van der Waals surface area contributed by atoms with E-state index < -0.39 is 4.92 Å². The molecule has 190 valence electrons. The zero-order valence-corrected chi connectivity index (χ0v) is 20.0. The van der Waals surface area contributed by atoms with Crippen molar-refractivity contribution < 1.29 is 28.4 Å². The molecule has 0 bridgehead atoms. The Bertz CT molecular complexity index is 1410. The number of hydrazone groups is 1. The molecule has 2 aliphatic rings. The molecule has 37 heavy (non-hydrogen) atoms. The largest absolute Gasteiger partial charge is 0.455 e. The number of nitro benzene ring substituents is 1. The van der Waals surface area contributed by atoms with Crippen LogP contribution in [0.1, 0.15) is 51.4 Å². The van der Waals surface area contributed by atoms with Crippen molar-refractivity contribution in [2.24, 2.45) is 5.10 Å². The molecule has 3 aromatic rings. The fourth-order valence-corrected chi connectivity index (χ4v) is 4.40. The van der Waals surface area contributed by atoms with Gasteiger partial charge in [-0.1, -0.05) is 18.2 Å². The molecule has 1 aliphatic heterocycles. The smallest absolute Gasteiger partial charge is 0.287 e. The monoisotopic (exact) mass is 504 g/mol. The molecule has 0 atom stereocenters. The second-order valence-electron chi connectivity index (χ2n) is 8.77. The summed E-state index contributed by atoms with van der Waals surface area (Å²) in [6, 6.07) is 11.3. The van der Waals surface area contributed by atoms with Gasteiger partial charge in [0, 0.05) is 36.2 Å². The molecule has 2 heterocycles. The van der Waals surface area contributed by atoms with Gasteiger partial charge in [-0.3, -0.25) is 19.7 Å². The van der Waals surface area contributed by atoms with Crippen LogP contribution >= 0.6 is 0 Å². The van der Waals surface area contributed by atoms with E-state index in [1.807, 2.05) is 12.1 Å². The number of aryl methyl sites for hydroxylation is 1. The number of hydrogen-bond acceptors (Lipinski definition) is 8. The van der Waals surface area contributed by atoms with Crippen molar-refractivity contribution in [3.05, 3.63) is 86.4 Å². The molecule has 5 rings (SSSR count). The number of carbonyl (C=O) groups excluding carboxylic acids is 2. The Balaban J connectivity index is 1.24. The highest BCUT2D eigenvalue weighted by Gasteiger charge is 2.28. The van der Waals surface area contributed by atoms with Crippen LogP contribution in [0.3, 0.4) is 0 Å². The first-order valence-electron chi connectivity index (χ1n) is 11.8. The molecule has 0 unspecified atom stereocenters. The van der Waals surface area contributed by atoms with Crippen LogP contribution in [0.2, 0.25) is 0 Å². The molecule has 2 amide bonds. The van der Waals surface area contributed by atoms with Gasteiger partial charge in [-0.05, 0) is 43.0 Å². The number of nitrogens with one attached hydrogen (secondary N) is 2. The summed E-state index contributed by atoms with van der Waals surface area (Å²) in [6.07, 6.45) is 2.10. The highest BCUT2D eigenvalue weighted by Crippen LogP contribution is 2.33. The van der Waals surface area contributed by atoms with Gasteiger partial charge in [0.2, 0.25) is 12.7 Å². The highest BCUT2D eigenvalue weighted by atomic mass is 16.7. The van der Waals surface area contributed by atoms with E-state index in [1.165, 1.54) is 24.3 Å². The van der Waals surface area contributed by atoms with Gasteiger partial charge < -0.3 is 19.2 Å². The van der Waals surface area contributed by atoms with Crippen LogP contribution in [0.25, 0.3) is 0 Å². The number of ether oxygens (including phenoxy) is 2. The molecule has 11 nitrogen and oxygen atoms in total. The molecule has 0 fully saturated rings. The summed E-state index contributed by atoms with van der Waals surface area (Å²) in [5.41, 5.74) is 6.09. The highest BCUT2D eigenvalue weighted by molar-refractivity contribution is 6.06. The number of fused-ring (bicyclic) bond motifs is 2. The minimum absolute atomic E-state index is 0.0273. The Hall–Kier alpha value is -4.67. The van der Waals surface area contributed by atoms with E-state index in [1.54, 1.807) is 13.0 Å². The molecule has 11 heteroatoms. The van der Waals surface area contributed by atoms with Crippen LogP contribution in [0.5, 0.6) is 11.5 Å². The van der Waals surface area contributed by atoms with E-state index >= 15 is 0 Å². The number of amides is 2. The lowest BCUT2D eigenvalue weighted by atomic mass is 9.93. The van der Waals surface area contributed by atoms with Crippen LogP contribution in [0.4, 0.5) is 5.69 Å². The van der Waals surface area contributed by atoms with Gasteiger partial charge in [-0.15, -0.1) is 0 Å². The number of nitro groups is 1.